The standard InChI is InChI=1S/C8H12O3/c1-6(8(9)10)4-7-2-3-11-5-7/h4,7H,2-3,5H2,1H3,(H,9,10)/b6-4-. The largest absolute Gasteiger partial charge is 0.478 e. The molecule has 1 aliphatic heterocycles. The van der Waals surface area contributed by atoms with Crippen LogP contribution in [0.4, 0.5) is 0 Å². The fraction of sp³-hybridized carbons (Fsp3) is 0.625. The van der Waals surface area contributed by atoms with Crippen molar-refractivity contribution in [2.75, 3.05) is 13.2 Å². The Morgan fingerprint density at radius 1 is 1.73 bits per heavy atom. The molecule has 62 valence electrons. The summed E-state index contributed by atoms with van der Waals surface area (Å²) >= 11 is 0. The first kappa shape index (κ1) is 8.27. The van der Waals surface area contributed by atoms with Crippen LogP contribution in [-0.4, -0.2) is 24.3 Å². The summed E-state index contributed by atoms with van der Waals surface area (Å²) in [7, 11) is 0. The third-order valence-corrected chi connectivity index (χ3v) is 1.79. The molecule has 3 heteroatoms. The second-order valence-electron chi connectivity index (χ2n) is 2.78. The third-order valence-electron chi connectivity index (χ3n) is 1.79. The summed E-state index contributed by atoms with van der Waals surface area (Å²) in [5, 5.41) is 8.53. The van der Waals surface area contributed by atoms with Crippen LogP contribution in [0.25, 0.3) is 0 Å². The van der Waals surface area contributed by atoms with Crippen molar-refractivity contribution in [3.63, 3.8) is 0 Å². The highest BCUT2D eigenvalue weighted by molar-refractivity contribution is 5.85. The maximum atomic E-state index is 10.4. The lowest BCUT2D eigenvalue weighted by molar-refractivity contribution is -0.132. The van der Waals surface area contributed by atoms with Gasteiger partial charge in [-0.1, -0.05) is 6.08 Å². The van der Waals surface area contributed by atoms with E-state index < -0.39 is 5.97 Å². The van der Waals surface area contributed by atoms with Gasteiger partial charge in [0.05, 0.1) is 6.61 Å². The van der Waals surface area contributed by atoms with Crippen molar-refractivity contribution in [3.05, 3.63) is 11.6 Å². The van der Waals surface area contributed by atoms with Crippen LogP contribution in [0, 0.1) is 5.92 Å². The molecule has 0 radical (unpaired) electrons. The van der Waals surface area contributed by atoms with Gasteiger partial charge in [-0.2, -0.15) is 0 Å². The average molecular weight is 156 g/mol. The van der Waals surface area contributed by atoms with Gasteiger partial charge in [-0.3, -0.25) is 0 Å². The Hall–Kier alpha value is -0.830. The molecule has 1 heterocycles. The average Bonchev–Trinajstić information content (AvgIpc) is 2.39. The lowest BCUT2D eigenvalue weighted by Gasteiger charge is -1.99. The molecule has 11 heavy (non-hydrogen) atoms. The molecule has 3 nitrogen and oxygen atoms in total. The van der Waals surface area contributed by atoms with Gasteiger partial charge in [0, 0.05) is 18.1 Å². The van der Waals surface area contributed by atoms with Crippen molar-refractivity contribution in [2.45, 2.75) is 13.3 Å². The molecule has 1 N–H and O–H groups in total. The molecule has 0 spiro atoms. The molecule has 1 unspecified atom stereocenters. The van der Waals surface area contributed by atoms with E-state index >= 15 is 0 Å². The van der Waals surface area contributed by atoms with Crippen LogP contribution in [0.3, 0.4) is 0 Å². The highest BCUT2D eigenvalue weighted by atomic mass is 16.5. The first-order chi connectivity index (χ1) is 5.20. The van der Waals surface area contributed by atoms with Crippen LogP contribution in [0.5, 0.6) is 0 Å². The van der Waals surface area contributed by atoms with E-state index in [9.17, 15) is 4.79 Å². The molecule has 0 bridgehead atoms. The summed E-state index contributed by atoms with van der Waals surface area (Å²) in [4.78, 5) is 10.4. The maximum Gasteiger partial charge on any atom is 0.330 e. The molecular formula is C8H12O3. The first-order valence-corrected chi connectivity index (χ1v) is 3.69. The van der Waals surface area contributed by atoms with Gasteiger partial charge in [-0.05, 0) is 13.3 Å². The Morgan fingerprint density at radius 2 is 2.45 bits per heavy atom. The monoisotopic (exact) mass is 156 g/mol. The molecule has 0 aromatic heterocycles. The topological polar surface area (TPSA) is 46.5 Å². The minimum atomic E-state index is -0.836. The number of hydrogen-bond donors (Lipinski definition) is 1. The number of hydrogen-bond acceptors (Lipinski definition) is 2. The Morgan fingerprint density at radius 3 is 2.91 bits per heavy atom. The van der Waals surface area contributed by atoms with Crippen LogP contribution in [-0.2, 0) is 9.53 Å². The summed E-state index contributed by atoms with van der Waals surface area (Å²) in [5.74, 6) is -0.525. The van der Waals surface area contributed by atoms with Crippen LogP contribution in [0.1, 0.15) is 13.3 Å². The molecule has 1 atom stereocenters. The van der Waals surface area contributed by atoms with Crippen molar-refractivity contribution in [1.82, 2.24) is 0 Å². The van der Waals surface area contributed by atoms with E-state index in [0.717, 1.165) is 13.0 Å². The van der Waals surface area contributed by atoms with E-state index in [1.54, 1.807) is 13.0 Å². The van der Waals surface area contributed by atoms with Gasteiger partial charge in [-0.25, -0.2) is 4.79 Å². The van der Waals surface area contributed by atoms with Crippen molar-refractivity contribution in [1.29, 1.82) is 0 Å². The lowest BCUT2D eigenvalue weighted by Crippen LogP contribution is -2.01. The summed E-state index contributed by atoms with van der Waals surface area (Å²) in [5.41, 5.74) is 0.417. The summed E-state index contributed by atoms with van der Waals surface area (Å²) in [6.45, 7) is 3.04. The molecule has 0 amide bonds. The number of ether oxygens (including phenoxy) is 1. The van der Waals surface area contributed by atoms with E-state index in [1.165, 1.54) is 0 Å². The van der Waals surface area contributed by atoms with Gasteiger partial charge < -0.3 is 9.84 Å². The molecule has 0 saturated carbocycles. The van der Waals surface area contributed by atoms with Crippen molar-refractivity contribution < 1.29 is 14.6 Å². The maximum absolute atomic E-state index is 10.4. The van der Waals surface area contributed by atoms with E-state index in [0.29, 0.717) is 18.1 Å². The number of carbonyl (C=O) groups is 1. The fourth-order valence-corrected chi connectivity index (χ4v) is 1.11. The number of rotatable bonds is 2. The van der Waals surface area contributed by atoms with Crippen molar-refractivity contribution in [3.8, 4) is 0 Å². The van der Waals surface area contributed by atoms with E-state index in [4.69, 9.17) is 9.84 Å². The summed E-state index contributed by atoms with van der Waals surface area (Å²) in [6, 6.07) is 0. The lowest BCUT2D eigenvalue weighted by atomic mass is 10.1. The molecule has 1 saturated heterocycles. The SMILES string of the molecule is C/C(=C/C1CCOC1)C(=O)O. The Balaban J connectivity index is 2.49. The molecule has 0 aliphatic carbocycles. The third kappa shape index (κ3) is 2.35. The smallest absolute Gasteiger partial charge is 0.330 e. The first-order valence-electron chi connectivity index (χ1n) is 3.69. The predicted octanol–water partition coefficient (Wildman–Crippen LogP) is 1.05. The second-order valence-corrected chi connectivity index (χ2v) is 2.78. The van der Waals surface area contributed by atoms with Gasteiger partial charge in [-0.15, -0.1) is 0 Å². The number of carboxylic acids is 1. The Kier molecular flexibility index (Phi) is 2.65. The Labute approximate surface area is 65.7 Å². The van der Waals surface area contributed by atoms with Gasteiger partial charge in [0.15, 0.2) is 0 Å². The van der Waals surface area contributed by atoms with Gasteiger partial charge >= 0.3 is 5.97 Å². The summed E-state index contributed by atoms with van der Waals surface area (Å²) in [6.07, 6.45) is 2.72. The van der Waals surface area contributed by atoms with E-state index in [-0.39, 0.29) is 0 Å². The van der Waals surface area contributed by atoms with Crippen LogP contribution < -0.4 is 0 Å². The molecule has 1 aliphatic rings. The van der Waals surface area contributed by atoms with Crippen molar-refractivity contribution >= 4 is 5.97 Å². The normalized spacial score (nSPS) is 25.5. The van der Waals surface area contributed by atoms with Crippen LogP contribution >= 0.6 is 0 Å². The van der Waals surface area contributed by atoms with Crippen molar-refractivity contribution in [2.24, 2.45) is 5.92 Å². The van der Waals surface area contributed by atoms with Gasteiger partial charge in [0.2, 0.25) is 0 Å². The van der Waals surface area contributed by atoms with Crippen LogP contribution in [0.15, 0.2) is 11.6 Å². The molecule has 0 aromatic rings. The summed E-state index contributed by atoms with van der Waals surface area (Å²) < 4.78 is 5.10. The highest BCUT2D eigenvalue weighted by Crippen LogP contribution is 2.15. The van der Waals surface area contributed by atoms with Gasteiger partial charge in [0.25, 0.3) is 0 Å². The minimum Gasteiger partial charge on any atom is -0.478 e. The highest BCUT2D eigenvalue weighted by Gasteiger charge is 2.14. The molecule has 1 rings (SSSR count). The van der Waals surface area contributed by atoms with Crippen LogP contribution in [0.2, 0.25) is 0 Å². The zero-order chi connectivity index (χ0) is 8.27. The zero-order valence-corrected chi connectivity index (χ0v) is 6.54. The number of carboxylic acid groups (broad SMARTS) is 1. The molecular weight excluding hydrogens is 144 g/mol. The van der Waals surface area contributed by atoms with E-state index in [1.807, 2.05) is 0 Å². The quantitative estimate of drug-likeness (QED) is 0.608. The fourth-order valence-electron chi connectivity index (χ4n) is 1.11. The van der Waals surface area contributed by atoms with E-state index in [2.05, 4.69) is 0 Å². The molecule has 0 aromatic carbocycles. The number of aliphatic carboxylic acids is 1. The predicted molar refractivity (Wildman–Crippen MR) is 40.3 cm³/mol. The minimum absolute atomic E-state index is 0.311. The molecule has 1 fully saturated rings. The Bertz CT molecular complexity index is 178. The second kappa shape index (κ2) is 3.53. The van der Waals surface area contributed by atoms with Gasteiger partial charge in [0.1, 0.15) is 0 Å². The zero-order valence-electron chi connectivity index (χ0n) is 6.54.